The SMILES string of the molecule is CC/C=C\C/C=C\C/C=C\C/C=C\C/C=C\C/C=C\C/C=C\C/C=C\C/C=C\CCCCCCCCCC(=O)OCC(COC(=O)CCCCCCCC)OC(=O)CCCCCCCCCCC/C=C\C/C=C\CCCCC. The molecule has 0 spiro atoms. The summed E-state index contributed by atoms with van der Waals surface area (Å²) in [4.78, 5) is 38.0. The smallest absolute Gasteiger partial charge is 0.306 e. The molecule has 0 amide bonds. The van der Waals surface area contributed by atoms with E-state index in [2.05, 4.69) is 154 Å². The molecule has 0 aromatic carbocycles. The molecule has 0 aromatic heterocycles. The molecule has 1 unspecified atom stereocenters. The standard InChI is InChI=1S/C72H118O6/c1-4-7-10-13-16-18-20-22-24-26-28-29-30-31-32-33-34-35-36-37-38-39-40-41-42-43-45-46-48-50-52-54-56-59-62-65-71(74)77-68-69(67-76-70(73)64-61-58-15-12-9-6-3)78-72(75)66-63-60-57-55-53-51-49-47-44-27-25-23-21-19-17-14-11-8-5-2/h7,10,16-19,22-25,28-29,31-32,34-35,37-38,40-41,43,45,69H,4-6,8-9,11-15,20-21,26-27,30,33,36,39,42,44,46-68H2,1-3H3/b10-7-,18-16-,19-17-,24-22-,25-23-,29-28-,32-31-,35-34-,38-37-,41-40-,45-43-. The van der Waals surface area contributed by atoms with Gasteiger partial charge in [-0.15, -0.1) is 0 Å². The minimum atomic E-state index is -0.785. The summed E-state index contributed by atoms with van der Waals surface area (Å²) in [6.07, 6.45) is 92.0. The van der Waals surface area contributed by atoms with Gasteiger partial charge in [0.25, 0.3) is 0 Å². The van der Waals surface area contributed by atoms with Crippen LogP contribution >= 0.6 is 0 Å². The first-order chi connectivity index (χ1) is 38.5. The largest absolute Gasteiger partial charge is 0.462 e. The van der Waals surface area contributed by atoms with Gasteiger partial charge in [0, 0.05) is 19.3 Å². The quantitative estimate of drug-likeness (QED) is 0.0261. The average Bonchev–Trinajstić information content (AvgIpc) is 3.44. The molecular formula is C72H118O6. The molecule has 0 aliphatic rings. The third-order valence-electron chi connectivity index (χ3n) is 13.4. The molecular weight excluding hydrogens is 961 g/mol. The Labute approximate surface area is 481 Å². The van der Waals surface area contributed by atoms with Gasteiger partial charge in [0.15, 0.2) is 6.10 Å². The Bertz CT molecular complexity index is 1670. The summed E-state index contributed by atoms with van der Waals surface area (Å²) in [7, 11) is 0. The van der Waals surface area contributed by atoms with Crippen molar-refractivity contribution in [3.8, 4) is 0 Å². The Morgan fingerprint density at radius 2 is 0.500 bits per heavy atom. The molecule has 0 aliphatic heterocycles. The molecule has 0 fully saturated rings. The van der Waals surface area contributed by atoms with E-state index in [1.807, 2.05) is 0 Å². The fourth-order valence-corrected chi connectivity index (χ4v) is 8.58. The highest BCUT2D eigenvalue weighted by molar-refractivity contribution is 5.71. The van der Waals surface area contributed by atoms with Crippen molar-refractivity contribution in [2.75, 3.05) is 13.2 Å². The summed E-state index contributed by atoms with van der Waals surface area (Å²) in [5.74, 6) is -0.909. The van der Waals surface area contributed by atoms with Crippen molar-refractivity contribution in [1.82, 2.24) is 0 Å². The van der Waals surface area contributed by atoms with Gasteiger partial charge in [-0.05, 0) is 122 Å². The van der Waals surface area contributed by atoms with Crippen LogP contribution in [0.3, 0.4) is 0 Å². The fourth-order valence-electron chi connectivity index (χ4n) is 8.58. The van der Waals surface area contributed by atoms with Crippen LogP contribution in [0.4, 0.5) is 0 Å². The normalized spacial score (nSPS) is 13.0. The van der Waals surface area contributed by atoms with Crippen molar-refractivity contribution in [3.63, 3.8) is 0 Å². The third kappa shape index (κ3) is 62.4. The Morgan fingerprint density at radius 3 is 0.808 bits per heavy atom. The Balaban J connectivity index is 4.12. The van der Waals surface area contributed by atoms with E-state index in [9.17, 15) is 14.4 Å². The Kier molecular flexibility index (Phi) is 61.4. The molecule has 0 aliphatic carbocycles. The second-order valence-electron chi connectivity index (χ2n) is 20.9. The van der Waals surface area contributed by atoms with Gasteiger partial charge in [0.05, 0.1) is 0 Å². The first-order valence-electron chi connectivity index (χ1n) is 32.2. The number of unbranched alkanes of at least 4 members (excludes halogenated alkanes) is 24. The van der Waals surface area contributed by atoms with Crippen LogP contribution in [0.25, 0.3) is 0 Å². The van der Waals surface area contributed by atoms with Crippen molar-refractivity contribution in [3.05, 3.63) is 134 Å². The van der Waals surface area contributed by atoms with Crippen LogP contribution in [0.15, 0.2) is 134 Å². The van der Waals surface area contributed by atoms with Gasteiger partial charge < -0.3 is 14.2 Å². The second kappa shape index (κ2) is 65.1. The monoisotopic (exact) mass is 1080 g/mol. The van der Waals surface area contributed by atoms with Crippen molar-refractivity contribution in [1.29, 1.82) is 0 Å². The number of hydrogen-bond acceptors (Lipinski definition) is 6. The van der Waals surface area contributed by atoms with Crippen LogP contribution in [-0.2, 0) is 28.6 Å². The van der Waals surface area contributed by atoms with Gasteiger partial charge in [0.1, 0.15) is 13.2 Å². The maximum absolute atomic E-state index is 12.8. The van der Waals surface area contributed by atoms with Crippen LogP contribution in [0.2, 0.25) is 0 Å². The van der Waals surface area contributed by atoms with Crippen molar-refractivity contribution < 1.29 is 28.6 Å². The Morgan fingerprint density at radius 1 is 0.269 bits per heavy atom. The molecule has 0 saturated carbocycles. The predicted molar refractivity (Wildman–Crippen MR) is 339 cm³/mol. The summed E-state index contributed by atoms with van der Waals surface area (Å²) < 4.78 is 16.8. The van der Waals surface area contributed by atoms with E-state index in [0.717, 1.165) is 128 Å². The van der Waals surface area contributed by atoms with Gasteiger partial charge in [-0.25, -0.2) is 0 Å². The minimum Gasteiger partial charge on any atom is -0.462 e. The lowest BCUT2D eigenvalue weighted by Gasteiger charge is -2.18. The molecule has 0 N–H and O–H groups in total. The minimum absolute atomic E-state index is 0.0848. The number of carbonyl (C=O) groups excluding carboxylic acids is 3. The first kappa shape index (κ1) is 73.5. The summed E-state index contributed by atoms with van der Waals surface area (Å²) in [6.45, 7) is 6.43. The van der Waals surface area contributed by atoms with Crippen LogP contribution in [-0.4, -0.2) is 37.2 Å². The van der Waals surface area contributed by atoms with E-state index in [1.165, 1.54) is 116 Å². The lowest BCUT2D eigenvalue weighted by molar-refractivity contribution is -0.167. The van der Waals surface area contributed by atoms with E-state index in [1.54, 1.807) is 0 Å². The van der Waals surface area contributed by atoms with Gasteiger partial charge in [-0.3, -0.25) is 14.4 Å². The predicted octanol–water partition coefficient (Wildman–Crippen LogP) is 22.2. The van der Waals surface area contributed by atoms with Crippen LogP contribution < -0.4 is 0 Å². The number of carbonyl (C=O) groups is 3. The molecule has 0 radical (unpaired) electrons. The highest BCUT2D eigenvalue weighted by atomic mass is 16.6. The maximum atomic E-state index is 12.8. The lowest BCUT2D eigenvalue weighted by Crippen LogP contribution is -2.30. The highest BCUT2D eigenvalue weighted by Crippen LogP contribution is 2.15. The van der Waals surface area contributed by atoms with E-state index >= 15 is 0 Å². The summed E-state index contributed by atoms with van der Waals surface area (Å²) in [5, 5.41) is 0. The summed E-state index contributed by atoms with van der Waals surface area (Å²) in [6, 6.07) is 0. The zero-order valence-electron chi connectivity index (χ0n) is 50.6. The van der Waals surface area contributed by atoms with Crippen LogP contribution in [0, 0.1) is 0 Å². The number of rotatable bonds is 57. The molecule has 442 valence electrons. The molecule has 0 saturated heterocycles. The molecule has 0 bridgehead atoms. The Hall–Kier alpha value is -4.45. The molecule has 78 heavy (non-hydrogen) atoms. The molecule has 6 heteroatoms. The topological polar surface area (TPSA) is 78.9 Å². The van der Waals surface area contributed by atoms with Crippen molar-refractivity contribution >= 4 is 17.9 Å². The molecule has 0 heterocycles. The van der Waals surface area contributed by atoms with Gasteiger partial charge in [0.2, 0.25) is 0 Å². The van der Waals surface area contributed by atoms with E-state index in [4.69, 9.17) is 14.2 Å². The molecule has 6 nitrogen and oxygen atoms in total. The number of ether oxygens (including phenoxy) is 3. The van der Waals surface area contributed by atoms with Crippen LogP contribution in [0.1, 0.15) is 284 Å². The number of esters is 3. The zero-order chi connectivity index (χ0) is 56.4. The van der Waals surface area contributed by atoms with Gasteiger partial charge >= 0.3 is 17.9 Å². The van der Waals surface area contributed by atoms with Crippen molar-refractivity contribution in [2.24, 2.45) is 0 Å². The van der Waals surface area contributed by atoms with Gasteiger partial charge in [-0.2, -0.15) is 0 Å². The lowest BCUT2D eigenvalue weighted by atomic mass is 10.1. The molecule has 1 atom stereocenters. The maximum Gasteiger partial charge on any atom is 0.306 e. The van der Waals surface area contributed by atoms with Crippen LogP contribution in [0.5, 0.6) is 0 Å². The summed E-state index contributed by atoms with van der Waals surface area (Å²) in [5.41, 5.74) is 0. The van der Waals surface area contributed by atoms with Crippen molar-refractivity contribution in [2.45, 2.75) is 290 Å². The third-order valence-corrected chi connectivity index (χ3v) is 13.4. The first-order valence-corrected chi connectivity index (χ1v) is 32.2. The second-order valence-corrected chi connectivity index (χ2v) is 20.9. The molecule has 0 aromatic rings. The number of allylic oxidation sites excluding steroid dienone is 22. The van der Waals surface area contributed by atoms with E-state index < -0.39 is 6.10 Å². The summed E-state index contributed by atoms with van der Waals surface area (Å²) >= 11 is 0. The average molecular weight is 1080 g/mol. The van der Waals surface area contributed by atoms with Gasteiger partial charge in [-0.1, -0.05) is 276 Å². The van der Waals surface area contributed by atoms with E-state index in [-0.39, 0.29) is 31.1 Å². The van der Waals surface area contributed by atoms with E-state index in [0.29, 0.717) is 19.3 Å². The molecule has 0 rings (SSSR count). The fraction of sp³-hybridized carbons (Fsp3) is 0.653. The highest BCUT2D eigenvalue weighted by Gasteiger charge is 2.19. The zero-order valence-corrected chi connectivity index (χ0v) is 50.6. The number of hydrogen-bond donors (Lipinski definition) is 0.